The molecule has 0 amide bonds. The maximum absolute atomic E-state index is 4.01. The summed E-state index contributed by atoms with van der Waals surface area (Å²) in [5.41, 5.74) is 2.10. The Morgan fingerprint density at radius 3 is 2.75 bits per heavy atom. The van der Waals surface area contributed by atoms with E-state index in [1.807, 2.05) is 18.2 Å². The molecular weight excluding hydrogens is 146 g/mol. The Morgan fingerprint density at radius 1 is 1.42 bits per heavy atom. The summed E-state index contributed by atoms with van der Waals surface area (Å²) in [5.74, 6) is 0. The van der Waals surface area contributed by atoms with Gasteiger partial charge in [0.25, 0.3) is 0 Å². The van der Waals surface area contributed by atoms with Crippen molar-refractivity contribution >= 4 is 5.57 Å². The highest BCUT2D eigenvalue weighted by molar-refractivity contribution is 5.73. The molecule has 0 aromatic carbocycles. The summed E-state index contributed by atoms with van der Waals surface area (Å²) in [6.45, 7) is 7.34. The van der Waals surface area contributed by atoms with E-state index < -0.39 is 0 Å². The maximum atomic E-state index is 4.01. The molecule has 1 aromatic rings. The van der Waals surface area contributed by atoms with Crippen molar-refractivity contribution in [2.24, 2.45) is 0 Å². The highest BCUT2D eigenvalue weighted by atomic mass is 14.6. The first-order valence-electron chi connectivity index (χ1n) is 3.74. The summed E-state index contributed by atoms with van der Waals surface area (Å²) in [5, 5.41) is 0. The van der Waals surface area contributed by atoms with Gasteiger partial charge in [-0.25, -0.2) is 0 Å². The average Bonchev–Trinajstić information content (AvgIpc) is 2.15. The summed E-state index contributed by atoms with van der Waals surface area (Å²) in [7, 11) is 0. The lowest BCUT2D eigenvalue weighted by Crippen LogP contribution is -1.80. The highest BCUT2D eigenvalue weighted by Crippen LogP contribution is 2.12. The second kappa shape index (κ2) is 4.29. The molecule has 1 heterocycles. The number of rotatable bonds is 3. The molecule has 0 saturated heterocycles. The number of hydrogen-bond acceptors (Lipinski definition) is 1. The predicted octanol–water partition coefficient (Wildman–Crippen LogP) is 2.84. The molecular formula is C11H11N. The molecule has 0 N–H and O–H groups in total. The van der Waals surface area contributed by atoms with Gasteiger partial charge in [0.15, 0.2) is 0 Å². The molecule has 0 unspecified atom stereocenters. The third-order valence-corrected chi connectivity index (χ3v) is 1.51. The van der Waals surface area contributed by atoms with E-state index in [9.17, 15) is 0 Å². The van der Waals surface area contributed by atoms with Crippen molar-refractivity contribution in [3.05, 3.63) is 61.5 Å². The molecule has 60 valence electrons. The van der Waals surface area contributed by atoms with Crippen molar-refractivity contribution in [3.63, 3.8) is 0 Å². The second-order valence-corrected chi connectivity index (χ2v) is 2.30. The molecule has 1 heteroatoms. The Kier molecular flexibility index (Phi) is 3.03. The molecule has 0 spiro atoms. The number of hydrogen-bond donors (Lipinski definition) is 0. The van der Waals surface area contributed by atoms with Crippen LogP contribution in [0.25, 0.3) is 5.57 Å². The molecule has 0 fully saturated rings. The van der Waals surface area contributed by atoms with Gasteiger partial charge in [0.1, 0.15) is 0 Å². The molecule has 0 aliphatic rings. The van der Waals surface area contributed by atoms with Crippen molar-refractivity contribution in [2.75, 3.05) is 0 Å². The van der Waals surface area contributed by atoms with Crippen LogP contribution in [0.2, 0.25) is 0 Å². The fourth-order valence-corrected chi connectivity index (χ4v) is 0.943. The lowest BCUT2D eigenvalue weighted by atomic mass is 10.1. The lowest BCUT2D eigenvalue weighted by Gasteiger charge is -1.98. The van der Waals surface area contributed by atoms with Gasteiger partial charge in [0.2, 0.25) is 0 Å². The Labute approximate surface area is 72.8 Å². The minimum Gasteiger partial charge on any atom is -0.264 e. The molecule has 1 nitrogen and oxygen atoms in total. The van der Waals surface area contributed by atoms with Crippen LogP contribution in [0.3, 0.4) is 0 Å². The van der Waals surface area contributed by atoms with Gasteiger partial charge in [0, 0.05) is 12.4 Å². The zero-order chi connectivity index (χ0) is 8.81. The van der Waals surface area contributed by atoms with E-state index in [1.165, 1.54) is 0 Å². The third kappa shape index (κ3) is 1.92. The van der Waals surface area contributed by atoms with E-state index in [-0.39, 0.29) is 0 Å². The molecule has 0 aliphatic carbocycles. The fourth-order valence-electron chi connectivity index (χ4n) is 0.943. The van der Waals surface area contributed by atoms with Crippen molar-refractivity contribution in [1.82, 2.24) is 4.98 Å². The summed E-state index contributed by atoms with van der Waals surface area (Å²) >= 11 is 0. The lowest BCUT2D eigenvalue weighted by molar-refractivity contribution is 1.31. The van der Waals surface area contributed by atoms with Crippen LogP contribution in [0.15, 0.2) is 55.9 Å². The molecule has 0 aliphatic heterocycles. The number of nitrogens with zero attached hydrogens (tertiary/aromatic N) is 1. The van der Waals surface area contributed by atoms with Gasteiger partial charge >= 0.3 is 0 Å². The number of allylic oxidation sites excluding steroid dienone is 4. The first kappa shape index (κ1) is 8.47. The summed E-state index contributed by atoms with van der Waals surface area (Å²) in [6.07, 6.45) is 8.99. The minimum absolute atomic E-state index is 1.04. The summed E-state index contributed by atoms with van der Waals surface area (Å²) < 4.78 is 0. The normalized spacial score (nSPS) is 10.8. The van der Waals surface area contributed by atoms with Crippen LogP contribution < -0.4 is 0 Å². The van der Waals surface area contributed by atoms with Gasteiger partial charge in [-0.15, -0.1) is 0 Å². The van der Waals surface area contributed by atoms with E-state index in [0.717, 1.165) is 11.1 Å². The monoisotopic (exact) mass is 157 g/mol. The number of aromatic nitrogens is 1. The fraction of sp³-hybridized carbons (Fsp3) is 0. The molecule has 1 rings (SSSR count). The van der Waals surface area contributed by atoms with Crippen LogP contribution in [0.4, 0.5) is 0 Å². The van der Waals surface area contributed by atoms with Gasteiger partial charge in [-0.05, 0) is 17.2 Å². The predicted molar refractivity (Wildman–Crippen MR) is 52.6 cm³/mol. The molecule has 1 aromatic heterocycles. The standard InChI is InChI=1S/C11H11N/c1-3-6-10(4-2)11-7-5-8-12-9-11/h3-9H,1-2H2/b10-6+. The molecule has 0 radical (unpaired) electrons. The Bertz CT molecular complexity index is 296. The third-order valence-electron chi connectivity index (χ3n) is 1.51. The zero-order valence-electron chi connectivity index (χ0n) is 6.90. The van der Waals surface area contributed by atoms with E-state index in [1.54, 1.807) is 24.5 Å². The smallest absolute Gasteiger partial charge is 0.0346 e. The highest BCUT2D eigenvalue weighted by Gasteiger charge is 1.93. The van der Waals surface area contributed by atoms with Crippen LogP contribution in [0.5, 0.6) is 0 Å². The first-order valence-corrected chi connectivity index (χ1v) is 3.74. The summed E-state index contributed by atoms with van der Waals surface area (Å²) in [6, 6.07) is 3.89. The maximum Gasteiger partial charge on any atom is 0.0346 e. The minimum atomic E-state index is 1.04. The van der Waals surface area contributed by atoms with Crippen LogP contribution >= 0.6 is 0 Å². The molecule has 0 atom stereocenters. The van der Waals surface area contributed by atoms with Gasteiger partial charge in [-0.3, -0.25) is 4.98 Å². The SMILES string of the molecule is C=C/C=C(\C=C)c1cccnc1. The van der Waals surface area contributed by atoms with Crippen molar-refractivity contribution in [3.8, 4) is 0 Å². The quantitative estimate of drug-likeness (QED) is 0.615. The summed E-state index contributed by atoms with van der Waals surface area (Å²) in [4.78, 5) is 4.01. The first-order chi connectivity index (χ1) is 5.88. The largest absolute Gasteiger partial charge is 0.264 e. The van der Waals surface area contributed by atoms with E-state index in [4.69, 9.17) is 0 Å². The zero-order valence-corrected chi connectivity index (χ0v) is 6.90. The Hall–Kier alpha value is -1.63. The molecule has 0 bridgehead atoms. The molecule has 12 heavy (non-hydrogen) atoms. The van der Waals surface area contributed by atoms with Crippen LogP contribution in [0.1, 0.15) is 5.56 Å². The van der Waals surface area contributed by atoms with Crippen LogP contribution in [-0.2, 0) is 0 Å². The second-order valence-electron chi connectivity index (χ2n) is 2.30. The molecule has 0 saturated carbocycles. The topological polar surface area (TPSA) is 12.9 Å². The van der Waals surface area contributed by atoms with Gasteiger partial charge in [-0.1, -0.05) is 37.5 Å². The Morgan fingerprint density at radius 2 is 2.25 bits per heavy atom. The number of pyridine rings is 1. The van der Waals surface area contributed by atoms with Gasteiger partial charge < -0.3 is 0 Å². The van der Waals surface area contributed by atoms with Crippen LogP contribution in [0, 0.1) is 0 Å². The van der Waals surface area contributed by atoms with E-state index in [2.05, 4.69) is 18.1 Å². The van der Waals surface area contributed by atoms with Crippen molar-refractivity contribution in [1.29, 1.82) is 0 Å². The van der Waals surface area contributed by atoms with E-state index >= 15 is 0 Å². The van der Waals surface area contributed by atoms with Crippen molar-refractivity contribution in [2.45, 2.75) is 0 Å². The van der Waals surface area contributed by atoms with Gasteiger partial charge in [0.05, 0.1) is 0 Å². The van der Waals surface area contributed by atoms with Crippen LogP contribution in [-0.4, -0.2) is 4.98 Å². The Balaban J connectivity index is 3.03. The van der Waals surface area contributed by atoms with Gasteiger partial charge in [-0.2, -0.15) is 0 Å². The van der Waals surface area contributed by atoms with Crippen molar-refractivity contribution < 1.29 is 0 Å². The van der Waals surface area contributed by atoms with E-state index in [0.29, 0.717) is 0 Å². The average molecular weight is 157 g/mol.